The normalized spacial score (nSPS) is 11.7. The summed E-state index contributed by atoms with van der Waals surface area (Å²) in [5, 5.41) is 9.49. The first-order chi connectivity index (χ1) is 40.7. The van der Waals surface area contributed by atoms with Crippen molar-refractivity contribution < 1.29 is 0 Å². The summed E-state index contributed by atoms with van der Waals surface area (Å²) in [6.45, 7) is 0. The molecule has 0 atom stereocenters. The molecule has 0 radical (unpaired) electrons. The summed E-state index contributed by atoms with van der Waals surface area (Å²) in [5.41, 5.74) is 18.6. The van der Waals surface area contributed by atoms with Crippen molar-refractivity contribution in [3.05, 3.63) is 303 Å². The van der Waals surface area contributed by atoms with Gasteiger partial charge in [-0.1, -0.05) is 182 Å². The number of rotatable bonds is 10. The molecule has 3 heterocycles. The zero-order valence-electron chi connectivity index (χ0n) is 44.6. The minimum atomic E-state index is 0.816. The van der Waals surface area contributed by atoms with Gasteiger partial charge in [0.15, 0.2) is 0 Å². The minimum Gasteiger partial charge on any atom is -0.310 e. The number of benzene rings is 13. The molecule has 0 bridgehead atoms. The van der Waals surface area contributed by atoms with Crippen LogP contribution in [0, 0.1) is 0 Å². The van der Waals surface area contributed by atoms with Crippen LogP contribution < -0.4 is 9.80 Å². The van der Waals surface area contributed by atoms with Crippen molar-refractivity contribution in [1.29, 1.82) is 0 Å². The van der Waals surface area contributed by atoms with Gasteiger partial charge in [-0.05, 0) is 132 Å². The smallest absolute Gasteiger partial charge is 0.0973 e. The average Bonchev–Trinajstić information content (AvgIpc) is 4.13. The molecule has 0 saturated heterocycles. The molecule has 16 aromatic rings. The van der Waals surface area contributed by atoms with E-state index in [0.29, 0.717) is 0 Å². The Morgan fingerprint density at radius 1 is 0.244 bits per heavy atom. The van der Waals surface area contributed by atoms with Crippen molar-refractivity contribution in [3.8, 4) is 33.9 Å². The number of hydrogen-bond acceptors (Lipinski definition) is 4. The summed E-state index contributed by atoms with van der Waals surface area (Å²) in [6.07, 6.45) is 0. The molecule has 0 spiro atoms. The van der Waals surface area contributed by atoms with Gasteiger partial charge in [-0.2, -0.15) is 0 Å². The van der Waals surface area contributed by atoms with Crippen LogP contribution in [0.2, 0.25) is 0 Å². The quantitative estimate of drug-likeness (QED) is 0.137. The maximum Gasteiger partial charge on any atom is 0.0973 e. The van der Waals surface area contributed by atoms with Crippen LogP contribution >= 0.6 is 0 Å². The third-order valence-corrected chi connectivity index (χ3v) is 16.2. The minimum absolute atomic E-state index is 0.816. The Bertz CT molecular complexity index is 4770. The van der Waals surface area contributed by atoms with Crippen LogP contribution in [0.25, 0.3) is 110 Å². The number of anilines is 6. The van der Waals surface area contributed by atoms with Crippen molar-refractivity contribution in [2.45, 2.75) is 0 Å². The van der Waals surface area contributed by atoms with E-state index in [0.717, 1.165) is 90.1 Å². The molecule has 0 fully saturated rings. The highest BCUT2D eigenvalue weighted by Gasteiger charge is 2.23. The topological polar surface area (TPSA) is 42.1 Å². The Morgan fingerprint density at radius 2 is 0.585 bits per heavy atom. The Morgan fingerprint density at radius 3 is 1.02 bits per heavy atom. The molecule has 0 unspecified atom stereocenters. The third kappa shape index (κ3) is 7.80. The van der Waals surface area contributed by atoms with Crippen LogP contribution in [0.5, 0.6) is 0 Å². The molecular weight excluding hydrogens is 997 g/mol. The van der Waals surface area contributed by atoms with Crippen LogP contribution in [0.3, 0.4) is 0 Å². The molecule has 0 amide bonds. The second kappa shape index (κ2) is 19.4. The lowest BCUT2D eigenvalue weighted by Gasteiger charge is -2.27. The van der Waals surface area contributed by atoms with Gasteiger partial charge >= 0.3 is 0 Å². The first-order valence-corrected chi connectivity index (χ1v) is 27.9. The Kier molecular flexibility index (Phi) is 11.1. The first kappa shape index (κ1) is 47.0. The lowest BCUT2D eigenvalue weighted by molar-refractivity contribution is 1.18. The molecule has 6 heteroatoms. The van der Waals surface area contributed by atoms with E-state index in [1.165, 1.54) is 54.1 Å². The van der Waals surface area contributed by atoms with Gasteiger partial charge in [0.2, 0.25) is 0 Å². The summed E-state index contributed by atoms with van der Waals surface area (Å²) >= 11 is 0. The van der Waals surface area contributed by atoms with Crippen molar-refractivity contribution >= 4 is 110 Å². The SMILES string of the molecule is c1ccc(-n2c3ccccc3c3cc(N(c4ccc(-c5nc6ccccc6nc5-c5ccc(N(c6ccc7c(c6)c6ccccc6n7-c6ccccc6)c6cccc7ccccc67)cc5)cc4)c4cccc5ccccc45)ccc32)cc1. The zero-order chi connectivity index (χ0) is 54.1. The first-order valence-electron chi connectivity index (χ1n) is 27.9. The highest BCUT2D eigenvalue weighted by molar-refractivity contribution is 6.13. The summed E-state index contributed by atoms with van der Waals surface area (Å²) < 4.78 is 4.74. The van der Waals surface area contributed by atoms with Gasteiger partial charge in [-0.15, -0.1) is 0 Å². The van der Waals surface area contributed by atoms with Crippen LogP contribution in [0.15, 0.2) is 303 Å². The van der Waals surface area contributed by atoms with Crippen molar-refractivity contribution in [2.24, 2.45) is 0 Å². The van der Waals surface area contributed by atoms with E-state index in [9.17, 15) is 0 Å². The summed E-state index contributed by atoms with van der Waals surface area (Å²) in [7, 11) is 0. The van der Waals surface area contributed by atoms with E-state index >= 15 is 0 Å². The lowest BCUT2D eigenvalue weighted by atomic mass is 10.0. The Labute approximate surface area is 473 Å². The fraction of sp³-hybridized carbons (Fsp3) is 0. The molecule has 82 heavy (non-hydrogen) atoms. The fourth-order valence-corrected chi connectivity index (χ4v) is 12.5. The molecule has 3 aromatic heterocycles. The lowest BCUT2D eigenvalue weighted by Crippen LogP contribution is -2.10. The third-order valence-electron chi connectivity index (χ3n) is 16.2. The standard InChI is InChI=1S/C76H50N6/c1-3-23-55(24-4-1)81-71-33-15-11-29-63(71)65-49-59(45-47-73(65)81)79(69-35-17-21-51-19-7-9-27-61(51)69)57-41-37-53(38-42-57)75-76(78-68-32-14-13-31-67(68)77-75)54-39-43-58(44-40-54)80(70-36-18-22-52-20-8-10-28-62(52)70)60-46-48-74-66(50-60)64-30-12-16-34-72(64)82(74)56-25-5-2-6-26-56/h1-50H. The van der Waals surface area contributed by atoms with Gasteiger partial charge in [0.05, 0.1) is 55.9 Å². The van der Waals surface area contributed by atoms with Crippen molar-refractivity contribution in [3.63, 3.8) is 0 Å². The molecule has 0 saturated carbocycles. The number of hydrogen-bond donors (Lipinski definition) is 0. The molecule has 0 aliphatic carbocycles. The average molecular weight is 1050 g/mol. The van der Waals surface area contributed by atoms with E-state index in [2.05, 4.69) is 310 Å². The van der Waals surface area contributed by atoms with Crippen LogP contribution in [-0.2, 0) is 0 Å². The van der Waals surface area contributed by atoms with Crippen molar-refractivity contribution in [2.75, 3.05) is 9.80 Å². The summed E-state index contributed by atoms with van der Waals surface area (Å²) in [5.74, 6) is 0. The van der Waals surface area contributed by atoms with E-state index in [4.69, 9.17) is 9.97 Å². The molecule has 0 aliphatic rings. The van der Waals surface area contributed by atoms with E-state index in [1.807, 2.05) is 12.1 Å². The predicted octanol–water partition coefficient (Wildman–Crippen LogP) is 20.4. The Hall–Kier alpha value is -11.1. The number of para-hydroxylation sites is 6. The van der Waals surface area contributed by atoms with Gasteiger partial charge in [0.25, 0.3) is 0 Å². The zero-order valence-corrected chi connectivity index (χ0v) is 44.6. The van der Waals surface area contributed by atoms with Gasteiger partial charge in [0, 0.05) is 77.6 Å². The molecule has 13 aromatic carbocycles. The van der Waals surface area contributed by atoms with Gasteiger partial charge < -0.3 is 18.9 Å². The van der Waals surface area contributed by atoms with E-state index < -0.39 is 0 Å². The predicted molar refractivity (Wildman–Crippen MR) is 343 cm³/mol. The molecule has 16 rings (SSSR count). The largest absolute Gasteiger partial charge is 0.310 e. The van der Waals surface area contributed by atoms with Crippen molar-refractivity contribution in [1.82, 2.24) is 19.1 Å². The number of fused-ring (bicyclic) bond motifs is 9. The molecule has 384 valence electrons. The molecule has 6 nitrogen and oxygen atoms in total. The van der Waals surface area contributed by atoms with E-state index in [-0.39, 0.29) is 0 Å². The highest BCUT2D eigenvalue weighted by Crippen LogP contribution is 2.46. The van der Waals surface area contributed by atoms with Gasteiger partial charge in [-0.25, -0.2) is 9.97 Å². The number of nitrogens with zero attached hydrogens (tertiary/aromatic N) is 6. The molecule has 0 aliphatic heterocycles. The number of aromatic nitrogens is 4. The molecular formula is C76H50N6. The summed E-state index contributed by atoms with van der Waals surface area (Å²) in [4.78, 5) is 15.6. The van der Waals surface area contributed by atoms with Crippen LogP contribution in [-0.4, -0.2) is 19.1 Å². The second-order valence-electron chi connectivity index (χ2n) is 20.9. The fourth-order valence-electron chi connectivity index (χ4n) is 12.5. The van der Waals surface area contributed by atoms with Crippen LogP contribution in [0.1, 0.15) is 0 Å². The van der Waals surface area contributed by atoms with Crippen LogP contribution in [0.4, 0.5) is 34.1 Å². The highest BCUT2D eigenvalue weighted by atomic mass is 15.2. The van der Waals surface area contributed by atoms with Gasteiger partial charge in [-0.3, -0.25) is 0 Å². The van der Waals surface area contributed by atoms with Gasteiger partial charge in [0.1, 0.15) is 0 Å². The Balaban J connectivity index is 0.822. The maximum atomic E-state index is 5.42. The summed E-state index contributed by atoms with van der Waals surface area (Å²) in [6, 6.07) is 109. The van der Waals surface area contributed by atoms with E-state index in [1.54, 1.807) is 0 Å². The molecule has 0 N–H and O–H groups in total. The monoisotopic (exact) mass is 1050 g/mol. The second-order valence-corrected chi connectivity index (χ2v) is 20.9. The maximum absolute atomic E-state index is 5.42.